The van der Waals surface area contributed by atoms with Gasteiger partial charge in [-0.25, -0.2) is 13.4 Å². The molecule has 2 aromatic heterocycles. The number of aromatic nitrogens is 1. The molecule has 1 N–H and O–H groups in total. The molecule has 1 unspecified atom stereocenters. The van der Waals surface area contributed by atoms with Crippen molar-refractivity contribution >= 4 is 43.7 Å². The van der Waals surface area contributed by atoms with Gasteiger partial charge in [0.1, 0.15) is 9.96 Å². The first-order chi connectivity index (χ1) is 15.0. The lowest BCUT2D eigenvalue weighted by Crippen LogP contribution is -2.43. The molecule has 10 heteroatoms. The average Bonchev–Trinajstić information content (AvgIpc) is 3.47. The smallest absolute Gasteiger partial charge is 0.252 e. The summed E-state index contributed by atoms with van der Waals surface area (Å²) in [4.78, 5) is 17.3. The topological polar surface area (TPSA) is 88.6 Å². The third-order valence-electron chi connectivity index (χ3n) is 5.04. The molecule has 3 aromatic rings. The van der Waals surface area contributed by atoms with E-state index in [-0.39, 0.29) is 12.5 Å². The summed E-state index contributed by atoms with van der Waals surface area (Å²) in [5, 5.41) is 7.00. The molecule has 1 amide bonds. The van der Waals surface area contributed by atoms with Gasteiger partial charge in [0.15, 0.2) is 5.13 Å². The van der Waals surface area contributed by atoms with Crippen LogP contribution in [0.3, 0.4) is 0 Å². The molecule has 1 aromatic carbocycles. The Morgan fingerprint density at radius 2 is 2.06 bits per heavy atom. The van der Waals surface area contributed by atoms with Gasteiger partial charge in [-0.3, -0.25) is 4.79 Å². The number of anilines is 1. The second-order valence-electron chi connectivity index (χ2n) is 7.12. The van der Waals surface area contributed by atoms with Crippen LogP contribution in [0, 0.1) is 5.92 Å². The maximum absolute atomic E-state index is 12.8. The van der Waals surface area contributed by atoms with E-state index in [9.17, 15) is 13.2 Å². The summed E-state index contributed by atoms with van der Waals surface area (Å²) in [6.07, 6.45) is 1.30. The fourth-order valence-electron chi connectivity index (χ4n) is 3.47. The highest BCUT2D eigenvalue weighted by Gasteiger charge is 2.34. The van der Waals surface area contributed by atoms with E-state index in [2.05, 4.69) is 10.3 Å². The summed E-state index contributed by atoms with van der Waals surface area (Å²) < 4.78 is 32.8. The maximum atomic E-state index is 12.8. The first-order valence-corrected chi connectivity index (χ1v) is 13.2. The van der Waals surface area contributed by atoms with Crippen molar-refractivity contribution in [2.24, 2.45) is 5.92 Å². The first-order valence-electron chi connectivity index (χ1n) is 10.0. The number of carbonyl (C=O) groups excluding carboxylic acids is 1. The second-order valence-corrected chi connectivity index (χ2v) is 11.1. The molecule has 4 rings (SSSR count). The second kappa shape index (κ2) is 9.47. The van der Waals surface area contributed by atoms with E-state index in [0.717, 1.165) is 17.0 Å². The molecule has 1 saturated heterocycles. The van der Waals surface area contributed by atoms with Crippen molar-refractivity contribution in [3.63, 3.8) is 0 Å². The van der Waals surface area contributed by atoms with E-state index < -0.39 is 15.9 Å². The molecule has 0 saturated carbocycles. The summed E-state index contributed by atoms with van der Waals surface area (Å²) in [6, 6.07) is 11.0. The summed E-state index contributed by atoms with van der Waals surface area (Å²) >= 11 is 2.54. The lowest BCUT2D eigenvalue weighted by atomic mass is 9.99. The van der Waals surface area contributed by atoms with Crippen molar-refractivity contribution in [1.29, 1.82) is 0 Å². The molecule has 31 heavy (non-hydrogen) atoms. The first kappa shape index (κ1) is 21.9. The summed E-state index contributed by atoms with van der Waals surface area (Å²) in [6.45, 7) is 3.16. The molecular weight excluding hydrogens is 454 g/mol. The Morgan fingerprint density at radius 3 is 2.77 bits per heavy atom. The Labute approximate surface area is 189 Å². The Balaban J connectivity index is 1.40. The largest absolute Gasteiger partial charge is 0.494 e. The number of nitrogens with zero attached hydrogens (tertiary/aromatic N) is 2. The van der Waals surface area contributed by atoms with Crippen LogP contribution in [-0.4, -0.2) is 43.3 Å². The quantitative estimate of drug-likeness (QED) is 0.548. The van der Waals surface area contributed by atoms with Crippen LogP contribution in [0.15, 0.2) is 51.4 Å². The molecule has 3 heterocycles. The number of ether oxygens (including phenoxy) is 1. The highest BCUT2D eigenvalue weighted by atomic mass is 32.2. The fraction of sp³-hybridized carbons (Fsp3) is 0.333. The highest BCUT2D eigenvalue weighted by molar-refractivity contribution is 7.91. The lowest BCUT2D eigenvalue weighted by molar-refractivity contribution is -0.120. The Morgan fingerprint density at radius 1 is 1.26 bits per heavy atom. The Bertz CT molecular complexity index is 1130. The van der Waals surface area contributed by atoms with E-state index in [4.69, 9.17) is 4.74 Å². The van der Waals surface area contributed by atoms with Crippen LogP contribution >= 0.6 is 22.7 Å². The van der Waals surface area contributed by atoms with Crippen LogP contribution in [-0.2, 0) is 14.8 Å². The number of rotatable bonds is 7. The van der Waals surface area contributed by atoms with Gasteiger partial charge >= 0.3 is 0 Å². The molecule has 7 nitrogen and oxygen atoms in total. The van der Waals surface area contributed by atoms with E-state index >= 15 is 0 Å². The predicted octanol–water partition coefficient (Wildman–Crippen LogP) is 4.31. The van der Waals surface area contributed by atoms with E-state index in [1.165, 1.54) is 27.0 Å². The fourth-order valence-corrected chi connectivity index (χ4v) is 6.86. The molecule has 164 valence electrons. The number of carbonyl (C=O) groups is 1. The normalized spacial score (nSPS) is 17.4. The van der Waals surface area contributed by atoms with Crippen LogP contribution in [0.1, 0.15) is 19.8 Å². The zero-order valence-electron chi connectivity index (χ0n) is 17.0. The number of hydrogen-bond acceptors (Lipinski definition) is 7. The molecule has 0 radical (unpaired) electrons. The number of benzene rings is 1. The van der Waals surface area contributed by atoms with Gasteiger partial charge in [-0.15, -0.1) is 22.7 Å². The van der Waals surface area contributed by atoms with Gasteiger partial charge in [-0.1, -0.05) is 6.07 Å². The van der Waals surface area contributed by atoms with Crippen LogP contribution in [0.5, 0.6) is 5.75 Å². The van der Waals surface area contributed by atoms with Crippen LogP contribution in [0.4, 0.5) is 5.13 Å². The minimum atomic E-state index is -3.55. The maximum Gasteiger partial charge on any atom is 0.252 e. The van der Waals surface area contributed by atoms with Gasteiger partial charge in [-0.2, -0.15) is 4.31 Å². The molecule has 1 atom stereocenters. The zero-order chi connectivity index (χ0) is 21.8. The standard InChI is InChI=1S/C21H23N3O4S3/c1-2-28-17-9-7-15(8-10-17)18-14-30-21(22-18)23-20(25)16-5-3-11-24(13-16)31(26,27)19-6-4-12-29-19/h4,6-10,12,14,16H,2-3,5,11,13H2,1H3,(H,22,23,25). The number of thiophene rings is 1. The van der Waals surface area contributed by atoms with Crippen molar-refractivity contribution in [3.8, 4) is 17.0 Å². The summed E-state index contributed by atoms with van der Waals surface area (Å²) in [5.41, 5.74) is 1.71. The third-order valence-corrected chi connectivity index (χ3v) is 9.04. The van der Waals surface area contributed by atoms with Crippen LogP contribution < -0.4 is 10.1 Å². The third kappa shape index (κ3) is 4.98. The molecular formula is C21H23N3O4S3. The van der Waals surface area contributed by atoms with Gasteiger partial charge in [0.25, 0.3) is 10.0 Å². The number of hydrogen-bond donors (Lipinski definition) is 1. The number of amides is 1. The highest BCUT2D eigenvalue weighted by Crippen LogP contribution is 2.29. The Hall–Kier alpha value is -2.27. The van der Waals surface area contributed by atoms with E-state index in [1.807, 2.05) is 36.6 Å². The van der Waals surface area contributed by atoms with Gasteiger partial charge in [0.2, 0.25) is 5.91 Å². The van der Waals surface area contributed by atoms with Gasteiger partial charge in [-0.05, 0) is 55.5 Å². The van der Waals surface area contributed by atoms with E-state index in [1.54, 1.807) is 17.5 Å². The lowest BCUT2D eigenvalue weighted by Gasteiger charge is -2.30. The molecule has 1 aliphatic rings. The van der Waals surface area contributed by atoms with Crippen LogP contribution in [0.25, 0.3) is 11.3 Å². The van der Waals surface area contributed by atoms with Crippen molar-refractivity contribution in [1.82, 2.24) is 9.29 Å². The van der Waals surface area contributed by atoms with Gasteiger partial charge in [0, 0.05) is 24.0 Å². The Kier molecular flexibility index (Phi) is 6.71. The van der Waals surface area contributed by atoms with Crippen molar-refractivity contribution in [3.05, 3.63) is 47.2 Å². The number of piperidine rings is 1. The molecule has 0 bridgehead atoms. The summed E-state index contributed by atoms with van der Waals surface area (Å²) in [5.74, 6) is 0.203. The molecule has 1 fully saturated rings. The SMILES string of the molecule is CCOc1ccc(-c2csc(NC(=O)C3CCCN(S(=O)(=O)c4cccs4)C3)n2)cc1. The molecule has 0 spiro atoms. The number of sulfonamides is 1. The monoisotopic (exact) mass is 477 g/mol. The predicted molar refractivity (Wildman–Crippen MR) is 123 cm³/mol. The minimum Gasteiger partial charge on any atom is -0.494 e. The van der Waals surface area contributed by atoms with Crippen LogP contribution in [0.2, 0.25) is 0 Å². The number of nitrogens with one attached hydrogen (secondary N) is 1. The van der Waals surface area contributed by atoms with Crippen molar-refractivity contribution in [2.75, 3.05) is 25.0 Å². The van der Waals surface area contributed by atoms with Crippen molar-refractivity contribution < 1.29 is 17.9 Å². The van der Waals surface area contributed by atoms with Gasteiger partial charge < -0.3 is 10.1 Å². The zero-order valence-corrected chi connectivity index (χ0v) is 19.4. The summed E-state index contributed by atoms with van der Waals surface area (Å²) in [7, 11) is -3.55. The number of thiazole rings is 1. The average molecular weight is 478 g/mol. The van der Waals surface area contributed by atoms with Gasteiger partial charge in [0.05, 0.1) is 18.2 Å². The van der Waals surface area contributed by atoms with E-state index in [0.29, 0.717) is 35.3 Å². The van der Waals surface area contributed by atoms with Crippen molar-refractivity contribution in [2.45, 2.75) is 24.0 Å². The molecule has 0 aliphatic carbocycles. The minimum absolute atomic E-state index is 0.184. The molecule has 1 aliphatic heterocycles.